The lowest BCUT2D eigenvalue weighted by atomic mass is 10.0. The van der Waals surface area contributed by atoms with Gasteiger partial charge in [-0.15, -0.1) is 0 Å². The molecule has 2 aromatic rings. The Morgan fingerprint density at radius 1 is 1.22 bits per heavy atom. The molecule has 0 aliphatic heterocycles. The van der Waals surface area contributed by atoms with Crippen LogP contribution in [-0.2, 0) is 0 Å². The van der Waals surface area contributed by atoms with Gasteiger partial charge in [0.1, 0.15) is 17.7 Å². The van der Waals surface area contributed by atoms with Crippen molar-refractivity contribution in [3.8, 4) is 0 Å². The zero-order valence-electron chi connectivity index (χ0n) is 9.07. The number of hydrogen-bond acceptors (Lipinski definition) is 3. The quantitative estimate of drug-likeness (QED) is 0.891. The molecule has 0 saturated carbocycles. The van der Waals surface area contributed by atoms with Gasteiger partial charge in [0.05, 0.1) is 5.02 Å². The lowest BCUT2D eigenvalue weighted by molar-refractivity contribution is 0.220. The van der Waals surface area contributed by atoms with Crippen molar-refractivity contribution in [3.63, 3.8) is 0 Å². The predicted molar refractivity (Wildman–Crippen MR) is 69.1 cm³/mol. The number of halogens is 3. The fraction of sp³-hybridized carbons (Fsp3) is 0.0833. The minimum absolute atomic E-state index is 0.113. The van der Waals surface area contributed by atoms with Crippen LogP contribution >= 0.6 is 23.2 Å². The number of aliphatic hydroxyl groups excluding tert-OH is 1. The van der Waals surface area contributed by atoms with Crippen LogP contribution in [0.4, 0.5) is 10.2 Å². The van der Waals surface area contributed by atoms with Gasteiger partial charge in [-0.2, -0.15) is 0 Å². The van der Waals surface area contributed by atoms with E-state index in [-0.39, 0.29) is 10.8 Å². The molecule has 0 amide bonds. The molecule has 18 heavy (non-hydrogen) atoms. The molecule has 0 saturated heterocycles. The maximum Gasteiger partial charge on any atom is 0.129 e. The van der Waals surface area contributed by atoms with Crippen molar-refractivity contribution in [2.75, 3.05) is 5.73 Å². The maximum absolute atomic E-state index is 12.9. The van der Waals surface area contributed by atoms with E-state index in [4.69, 9.17) is 28.9 Å². The fourth-order valence-electron chi connectivity index (χ4n) is 1.58. The van der Waals surface area contributed by atoms with E-state index in [0.29, 0.717) is 16.1 Å². The zero-order chi connectivity index (χ0) is 13.3. The van der Waals surface area contributed by atoms with Crippen LogP contribution in [-0.4, -0.2) is 10.1 Å². The molecule has 1 aromatic carbocycles. The third-order valence-corrected chi connectivity index (χ3v) is 3.00. The summed E-state index contributed by atoms with van der Waals surface area (Å²) in [4.78, 5) is 3.84. The molecule has 1 aromatic heterocycles. The van der Waals surface area contributed by atoms with Gasteiger partial charge in [-0.3, -0.25) is 0 Å². The molecule has 3 nitrogen and oxygen atoms in total. The number of nitrogen functional groups attached to an aromatic ring is 1. The third-order valence-electron chi connectivity index (χ3n) is 2.47. The average Bonchev–Trinajstić information content (AvgIpc) is 2.31. The van der Waals surface area contributed by atoms with Gasteiger partial charge in [-0.1, -0.05) is 29.3 Å². The number of anilines is 1. The summed E-state index contributed by atoms with van der Waals surface area (Å²) in [5.74, 6) is -0.333. The molecule has 2 rings (SSSR count). The SMILES string of the molecule is Nc1ncc(Cl)cc1C(O)c1ccc(F)cc1Cl. The first-order valence-electron chi connectivity index (χ1n) is 5.03. The average molecular weight is 287 g/mol. The first kappa shape index (κ1) is 13.1. The molecule has 6 heteroatoms. The van der Waals surface area contributed by atoms with Gasteiger partial charge in [-0.05, 0) is 18.2 Å². The van der Waals surface area contributed by atoms with E-state index in [1.54, 1.807) is 0 Å². The van der Waals surface area contributed by atoms with Crippen LogP contribution in [0.25, 0.3) is 0 Å². The second-order valence-electron chi connectivity index (χ2n) is 3.70. The number of rotatable bonds is 2. The third kappa shape index (κ3) is 2.56. The number of pyridine rings is 1. The molecular weight excluding hydrogens is 278 g/mol. The normalized spacial score (nSPS) is 12.4. The number of nitrogens with two attached hydrogens (primary N) is 1. The van der Waals surface area contributed by atoms with E-state index in [1.807, 2.05) is 0 Å². The first-order chi connectivity index (χ1) is 8.49. The molecule has 1 atom stereocenters. The van der Waals surface area contributed by atoms with Gasteiger partial charge in [0.15, 0.2) is 0 Å². The summed E-state index contributed by atoms with van der Waals surface area (Å²) in [6, 6.07) is 5.21. The van der Waals surface area contributed by atoms with Crippen LogP contribution in [0.3, 0.4) is 0 Å². The number of hydrogen-bond donors (Lipinski definition) is 2. The van der Waals surface area contributed by atoms with Crippen molar-refractivity contribution in [2.45, 2.75) is 6.10 Å². The number of aliphatic hydroxyl groups is 1. The largest absolute Gasteiger partial charge is 0.383 e. The molecule has 0 aliphatic rings. The van der Waals surface area contributed by atoms with Crippen LogP contribution in [0.1, 0.15) is 17.2 Å². The predicted octanol–water partition coefficient (Wildman–Crippen LogP) is 3.19. The molecule has 0 spiro atoms. The van der Waals surface area contributed by atoms with Gasteiger partial charge in [0.25, 0.3) is 0 Å². The van der Waals surface area contributed by atoms with Gasteiger partial charge in [-0.25, -0.2) is 9.37 Å². The van der Waals surface area contributed by atoms with Crippen LogP contribution in [0.15, 0.2) is 30.5 Å². The standard InChI is InChI=1S/C12H9Cl2FN2O/c13-6-3-9(12(16)17-5-6)11(18)8-2-1-7(15)4-10(8)14/h1-5,11,18H,(H2,16,17). The molecule has 1 heterocycles. The molecule has 0 fully saturated rings. The first-order valence-corrected chi connectivity index (χ1v) is 5.78. The van der Waals surface area contributed by atoms with E-state index in [9.17, 15) is 9.50 Å². The minimum atomic E-state index is -1.11. The highest BCUT2D eigenvalue weighted by Gasteiger charge is 2.18. The Morgan fingerprint density at radius 2 is 1.94 bits per heavy atom. The fourth-order valence-corrected chi connectivity index (χ4v) is 2.01. The molecule has 3 N–H and O–H groups in total. The van der Waals surface area contributed by atoms with Crippen LogP contribution in [0, 0.1) is 5.82 Å². The van der Waals surface area contributed by atoms with E-state index in [0.717, 1.165) is 6.07 Å². The van der Waals surface area contributed by atoms with Crippen molar-refractivity contribution in [3.05, 3.63) is 57.5 Å². The lowest BCUT2D eigenvalue weighted by Crippen LogP contribution is -2.06. The highest BCUT2D eigenvalue weighted by Crippen LogP contribution is 2.32. The van der Waals surface area contributed by atoms with E-state index in [1.165, 1.54) is 24.4 Å². The second kappa shape index (κ2) is 5.10. The molecule has 94 valence electrons. The van der Waals surface area contributed by atoms with Gasteiger partial charge in [0.2, 0.25) is 0 Å². The Kier molecular flexibility index (Phi) is 3.71. The smallest absolute Gasteiger partial charge is 0.129 e. The van der Waals surface area contributed by atoms with Crippen LogP contribution < -0.4 is 5.73 Å². The van der Waals surface area contributed by atoms with E-state index in [2.05, 4.69) is 4.98 Å². The summed E-state index contributed by atoms with van der Waals surface area (Å²) in [5, 5.41) is 10.6. The summed E-state index contributed by atoms with van der Waals surface area (Å²) in [6.45, 7) is 0. The number of benzene rings is 1. The number of nitrogens with zero attached hydrogens (tertiary/aromatic N) is 1. The summed E-state index contributed by atoms with van der Waals surface area (Å²) in [5.41, 5.74) is 6.33. The minimum Gasteiger partial charge on any atom is -0.383 e. The summed E-state index contributed by atoms with van der Waals surface area (Å²) >= 11 is 11.7. The molecule has 0 aliphatic carbocycles. The lowest BCUT2D eigenvalue weighted by Gasteiger charge is -2.14. The molecule has 0 bridgehead atoms. The maximum atomic E-state index is 12.9. The Labute approximate surface area is 113 Å². The van der Waals surface area contributed by atoms with Crippen molar-refractivity contribution < 1.29 is 9.50 Å². The van der Waals surface area contributed by atoms with E-state index < -0.39 is 11.9 Å². The van der Waals surface area contributed by atoms with Crippen molar-refractivity contribution in [1.82, 2.24) is 4.98 Å². The van der Waals surface area contributed by atoms with Crippen molar-refractivity contribution in [2.24, 2.45) is 0 Å². The van der Waals surface area contributed by atoms with Gasteiger partial charge >= 0.3 is 0 Å². The second-order valence-corrected chi connectivity index (χ2v) is 4.54. The topological polar surface area (TPSA) is 59.1 Å². The molecule has 1 unspecified atom stereocenters. The molecule has 0 radical (unpaired) electrons. The highest BCUT2D eigenvalue weighted by molar-refractivity contribution is 6.31. The van der Waals surface area contributed by atoms with Crippen LogP contribution in [0.2, 0.25) is 10.0 Å². The van der Waals surface area contributed by atoms with Crippen LogP contribution in [0.5, 0.6) is 0 Å². The van der Waals surface area contributed by atoms with Crippen molar-refractivity contribution >= 4 is 29.0 Å². The summed E-state index contributed by atoms with van der Waals surface area (Å²) in [6.07, 6.45) is 0.267. The van der Waals surface area contributed by atoms with Gasteiger partial charge < -0.3 is 10.8 Å². The number of aromatic nitrogens is 1. The summed E-state index contributed by atoms with van der Waals surface area (Å²) < 4.78 is 12.9. The zero-order valence-corrected chi connectivity index (χ0v) is 10.6. The Hall–Kier alpha value is -1.36. The molecular formula is C12H9Cl2FN2O. The van der Waals surface area contributed by atoms with Gasteiger partial charge in [0, 0.05) is 22.3 Å². The highest BCUT2D eigenvalue weighted by atomic mass is 35.5. The monoisotopic (exact) mass is 286 g/mol. The Bertz CT molecular complexity index is 592. The summed E-state index contributed by atoms with van der Waals surface area (Å²) in [7, 11) is 0. The Morgan fingerprint density at radius 3 is 2.61 bits per heavy atom. The Balaban J connectivity index is 2.47. The van der Waals surface area contributed by atoms with E-state index >= 15 is 0 Å². The van der Waals surface area contributed by atoms with Crippen molar-refractivity contribution in [1.29, 1.82) is 0 Å².